The summed E-state index contributed by atoms with van der Waals surface area (Å²) in [6, 6.07) is 10.9. The van der Waals surface area contributed by atoms with E-state index in [0.29, 0.717) is 30.7 Å². The standard InChI is InChI=1S/C26H41N3O2/c1-27-19-16-24(17-20-27)28(2)25(30)15-14-23-12-8-18-29(21-23)26(31)13-7-6-11-22-9-4-3-5-10-22/h3-5,9-10,23-24H,6-8,11-21H2,1-2H3. The van der Waals surface area contributed by atoms with Crippen molar-refractivity contribution in [3.05, 3.63) is 35.9 Å². The van der Waals surface area contributed by atoms with Crippen molar-refractivity contribution < 1.29 is 9.59 Å². The number of carbonyl (C=O) groups is 2. The zero-order valence-electron chi connectivity index (χ0n) is 19.6. The second-order valence-electron chi connectivity index (χ2n) is 9.62. The highest BCUT2D eigenvalue weighted by Crippen LogP contribution is 2.23. The number of hydrogen-bond acceptors (Lipinski definition) is 3. The summed E-state index contributed by atoms with van der Waals surface area (Å²) < 4.78 is 0. The first-order valence-corrected chi connectivity index (χ1v) is 12.3. The van der Waals surface area contributed by atoms with E-state index < -0.39 is 0 Å². The van der Waals surface area contributed by atoms with E-state index in [4.69, 9.17) is 0 Å². The molecule has 3 rings (SSSR count). The van der Waals surface area contributed by atoms with Crippen molar-refractivity contribution in [2.24, 2.45) is 5.92 Å². The summed E-state index contributed by atoms with van der Waals surface area (Å²) in [6.45, 7) is 3.88. The maximum Gasteiger partial charge on any atom is 0.222 e. The van der Waals surface area contributed by atoms with E-state index in [2.05, 4.69) is 41.1 Å². The number of piperidine rings is 2. The molecule has 0 radical (unpaired) electrons. The fraction of sp³-hybridized carbons (Fsp3) is 0.692. The summed E-state index contributed by atoms with van der Waals surface area (Å²) in [7, 11) is 4.13. The van der Waals surface area contributed by atoms with Gasteiger partial charge in [0.1, 0.15) is 0 Å². The molecule has 1 atom stereocenters. The topological polar surface area (TPSA) is 43.9 Å². The third kappa shape index (κ3) is 7.64. The molecule has 31 heavy (non-hydrogen) atoms. The van der Waals surface area contributed by atoms with E-state index in [-0.39, 0.29) is 5.91 Å². The molecule has 0 spiro atoms. The summed E-state index contributed by atoms with van der Waals surface area (Å²) in [5, 5.41) is 0. The predicted octanol–water partition coefficient (Wildman–Crippen LogP) is 3.97. The smallest absolute Gasteiger partial charge is 0.222 e. The number of aryl methyl sites for hydroxylation is 1. The Morgan fingerprint density at radius 3 is 2.48 bits per heavy atom. The van der Waals surface area contributed by atoms with E-state index in [1.165, 1.54) is 5.56 Å². The maximum absolute atomic E-state index is 12.7. The number of likely N-dealkylation sites (tertiary alicyclic amines) is 2. The van der Waals surface area contributed by atoms with Gasteiger partial charge in [-0.15, -0.1) is 0 Å². The molecule has 5 heteroatoms. The molecule has 0 saturated carbocycles. The molecular formula is C26H41N3O2. The predicted molar refractivity (Wildman–Crippen MR) is 126 cm³/mol. The lowest BCUT2D eigenvalue weighted by molar-refractivity contribution is -0.133. The molecule has 2 heterocycles. The lowest BCUT2D eigenvalue weighted by Crippen LogP contribution is -2.44. The van der Waals surface area contributed by atoms with Crippen LogP contribution in [0.25, 0.3) is 0 Å². The molecule has 2 fully saturated rings. The molecule has 0 bridgehead atoms. The van der Waals surface area contributed by atoms with Crippen molar-refractivity contribution in [1.82, 2.24) is 14.7 Å². The van der Waals surface area contributed by atoms with E-state index in [9.17, 15) is 9.59 Å². The summed E-state index contributed by atoms with van der Waals surface area (Å²) in [5.74, 6) is 1.04. The Labute approximate surface area is 188 Å². The SMILES string of the molecule is CN1CCC(N(C)C(=O)CCC2CCCN(C(=O)CCCCc3ccccc3)C2)CC1. The second kappa shape index (κ2) is 12.2. The number of carbonyl (C=O) groups excluding carboxylic acids is 2. The van der Waals surface area contributed by atoms with Crippen LogP contribution >= 0.6 is 0 Å². The molecule has 1 aromatic rings. The van der Waals surface area contributed by atoms with Gasteiger partial charge < -0.3 is 14.7 Å². The van der Waals surface area contributed by atoms with Gasteiger partial charge >= 0.3 is 0 Å². The summed E-state index contributed by atoms with van der Waals surface area (Å²) >= 11 is 0. The van der Waals surface area contributed by atoms with Crippen LogP contribution < -0.4 is 0 Å². The zero-order valence-corrected chi connectivity index (χ0v) is 19.6. The number of hydrogen-bond donors (Lipinski definition) is 0. The van der Waals surface area contributed by atoms with Crippen LogP contribution in [0.5, 0.6) is 0 Å². The van der Waals surface area contributed by atoms with Crippen molar-refractivity contribution in [1.29, 1.82) is 0 Å². The Morgan fingerprint density at radius 2 is 1.74 bits per heavy atom. The van der Waals surface area contributed by atoms with E-state index in [0.717, 1.165) is 77.5 Å². The van der Waals surface area contributed by atoms with Crippen LogP contribution in [0.4, 0.5) is 0 Å². The number of benzene rings is 1. The highest BCUT2D eigenvalue weighted by molar-refractivity contribution is 5.77. The average Bonchev–Trinajstić information content (AvgIpc) is 2.81. The molecule has 1 unspecified atom stereocenters. The fourth-order valence-corrected chi connectivity index (χ4v) is 5.03. The van der Waals surface area contributed by atoms with Gasteiger partial charge in [0.2, 0.25) is 11.8 Å². The zero-order chi connectivity index (χ0) is 22.1. The van der Waals surface area contributed by atoms with Gasteiger partial charge in [-0.05, 0) is 83.0 Å². The minimum absolute atomic E-state index is 0.277. The molecule has 0 aliphatic carbocycles. The second-order valence-corrected chi connectivity index (χ2v) is 9.62. The van der Waals surface area contributed by atoms with E-state index in [1.807, 2.05) is 18.0 Å². The lowest BCUT2D eigenvalue weighted by Gasteiger charge is -2.36. The van der Waals surface area contributed by atoms with Crippen molar-refractivity contribution in [3.8, 4) is 0 Å². The third-order valence-electron chi connectivity index (χ3n) is 7.22. The van der Waals surface area contributed by atoms with Crippen LogP contribution in [0.1, 0.15) is 63.4 Å². The molecule has 2 aliphatic rings. The Kier molecular flexibility index (Phi) is 9.38. The Bertz CT molecular complexity index is 685. The normalized spacial score (nSPS) is 20.6. The largest absolute Gasteiger partial charge is 0.343 e. The number of amides is 2. The van der Waals surface area contributed by atoms with Gasteiger partial charge in [-0.3, -0.25) is 9.59 Å². The van der Waals surface area contributed by atoms with Gasteiger partial charge in [0.05, 0.1) is 0 Å². The van der Waals surface area contributed by atoms with Crippen LogP contribution in [0, 0.1) is 5.92 Å². The minimum atomic E-state index is 0.277. The Hall–Kier alpha value is -1.88. The minimum Gasteiger partial charge on any atom is -0.343 e. The lowest BCUT2D eigenvalue weighted by atomic mass is 9.92. The maximum atomic E-state index is 12.7. The van der Waals surface area contributed by atoms with Crippen LogP contribution in [0.15, 0.2) is 30.3 Å². The Balaban J connectivity index is 1.33. The molecular weight excluding hydrogens is 386 g/mol. The van der Waals surface area contributed by atoms with Gasteiger partial charge in [0.25, 0.3) is 0 Å². The van der Waals surface area contributed by atoms with Crippen molar-refractivity contribution in [3.63, 3.8) is 0 Å². The quantitative estimate of drug-likeness (QED) is 0.560. The molecule has 172 valence electrons. The summed E-state index contributed by atoms with van der Waals surface area (Å²) in [4.78, 5) is 31.8. The van der Waals surface area contributed by atoms with Gasteiger partial charge in [0.15, 0.2) is 0 Å². The van der Waals surface area contributed by atoms with E-state index >= 15 is 0 Å². The van der Waals surface area contributed by atoms with Crippen molar-refractivity contribution >= 4 is 11.8 Å². The molecule has 0 aromatic heterocycles. The van der Waals surface area contributed by atoms with Crippen LogP contribution in [0.3, 0.4) is 0 Å². The molecule has 2 amide bonds. The summed E-state index contributed by atoms with van der Waals surface area (Å²) in [6.07, 6.45) is 9.60. The van der Waals surface area contributed by atoms with Crippen LogP contribution in [-0.2, 0) is 16.0 Å². The Morgan fingerprint density at radius 1 is 1.00 bits per heavy atom. The third-order valence-corrected chi connectivity index (χ3v) is 7.22. The molecule has 1 aromatic carbocycles. The fourth-order valence-electron chi connectivity index (χ4n) is 5.03. The summed E-state index contributed by atoms with van der Waals surface area (Å²) in [5.41, 5.74) is 1.35. The molecule has 0 N–H and O–H groups in total. The highest BCUT2D eigenvalue weighted by atomic mass is 16.2. The first kappa shape index (κ1) is 23.8. The van der Waals surface area contributed by atoms with Crippen LogP contribution in [-0.4, -0.2) is 72.8 Å². The monoisotopic (exact) mass is 427 g/mol. The van der Waals surface area contributed by atoms with Gasteiger partial charge in [-0.1, -0.05) is 30.3 Å². The molecule has 2 aliphatic heterocycles. The molecule has 2 saturated heterocycles. The average molecular weight is 428 g/mol. The highest BCUT2D eigenvalue weighted by Gasteiger charge is 2.27. The van der Waals surface area contributed by atoms with Crippen molar-refractivity contribution in [2.75, 3.05) is 40.3 Å². The number of rotatable bonds is 9. The number of nitrogens with zero attached hydrogens (tertiary/aromatic N) is 3. The molecule has 5 nitrogen and oxygen atoms in total. The van der Waals surface area contributed by atoms with E-state index in [1.54, 1.807) is 0 Å². The van der Waals surface area contributed by atoms with Gasteiger partial charge in [0, 0.05) is 39.0 Å². The van der Waals surface area contributed by atoms with Crippen molar-refractivity contribution in [2.45, 2.75) is 70.3 Å². The van der Waals surface area contributed by atoms with Gasteiger partial charge in [-0.25, -0.2) is 0 Å². The number of unbranched alkanes of at least 4 members (excludes halogenated alkanes) is 1. The first-order chi connectivity index (χ1) is 15.0. The van der Waals surface area contributed by atoms with Crippen LogP contribution in [0.2, 0.25) is 0 Å². The van der Waals surface area contributed by atoms with Gasteiger partial charge in [-0.2, -0.15) is 0 Å². The first-order valence-electron chi connectivity index (χ1n) is 12.3.